The molecule has 2 nitrogen and oxygen atoms in total. The van der Waals surface area contributed by atoms with Gasteiger partial charge in [0.15, 0.2) is 0 Å². The molecule has 2 rings (SSSR count). The van der Waals surface area contributed by atoms with Crippen LogP contribution in [0.15, 0.2) is 30.3 Å². The predicted octanol–water partition coefficient (Wildman–Crippen LogP) is 3.08. The Kier molecular flexibility index (Phi) is 5.41. The Hall–Kier alpha value is -0.860. The first-order valence-electron chi connectivity index (χ1n) is 7.80. The van der Waals surface area contributed by atoms with Crippen molar-refractivity contribution < 1.29 is 0 Å². The molecule has 19 heavy (non-hydrogen) atoms. The second kappa shape index (κ2) is 7.06. The molecule has 0 spiro atoms. The van der Waals surface area contributed by atoms with Crippen LogP contribution in [0.2, 0.25) is 0 Å². The van der Waals surface area contributed by atoms with Crippen molar-refractivity contribution in [2.24, 2.45) is 0 Å². The van der Waals surface area contributed by atoms with Crippen molar-refractivity contribution in [2.45, 2.75) is 45.1 Å². The van der Waals surface area contributed by atoms with Gasteiger partial charge in [0.1, 0.15) is 0 Å². The molecule has 1 N–H and O–H groups in total. The van der Waals surface area contributed by atoms with E-state index in [9.17, 15) is 0 Å². The second-order valence-electron chi connectivity index (χ2n) is 5.73. The fourth-order valence-electron chi connectivity index (χ4n) is 3.46. The van der Waals surface area contributed by atoms with Gasteiger partial charge in [-0.15, -0.1) is 0 Å². The highest BCUT2D eigenvalue weighted by Gasteiger charge is 2.34. The van der Waals surface area contributed by atoms with E-state index in [1.54, 1.807) is 0 Å². The standard InChI is InChI=1S/C17H28N2/c1-3-10-17(4-2,19-13-11-18-12-14-19)15-16-8-6-5-7-9-16/h5-9,18H,3-4,10-15H2,1-2H3. The lowest BCUT2D eigenvalue weighted by atomic mass is 9.82. The van der Waals surface area contributed by atoms with Gasteiger partial charge in [0.2, 0.25) is 0 Å². The van der Waals surface area contributed by atoms with Gasteiger partial charge in [0.05, 0.1) is 0 Å². The molecule has 1 saturated heterocycles. The van der Waals surface area contributed by atoms with Crippen molar-refractivity contribution in [2.75, 3.05) is 26.2 Å². The minimum Gasteiger partial charge on any atom is -0.314 e. The van der Waals surface area contributed by atoms with Crippen molar-refractivity contribution >= 4 is 0 Å². The lowest BCUT2D eigenvalue weighted by Gasteiger charge is -2.46. The fourth-order valence-corrected chi connectivity index (χ4v) is 3.46. The van der Waals surface area contributed by atoms with E-state index >= 15 is 0 Å². The molecule has 1 unspecified atom stereocenters. The van der Waals surface area contributed by atoms with Crippen molar-refractivity contribution in [1.29, 1.82) is 0 Å². The summed E-state index contributed by atoms with van der Waals surface area (Å²) in [6.07, 6.45) is 5.01. The number of hydrogen-bond donors (Lipinski definition) is 1. The maximum atomic E-state index is 3.48. The van der Waals surface area contributed by atoms with E-state index in [4.69, 9.17) is 0 Å². The highest BCUT2D eigenvalue weighted by atomic mass is 15.2. The molecule has 1 aliphatic rings. The monoisotopic (exact) mass is 260 g/mol. The number of nitrogens with zero attached hydrogens (tertiary/aromatic N) is 1. The van der Waals surface area contributed by atoms with Crippen LogP contribution >= 0.6 is 0 Å². The summed E-state index contributed by atoms with van der Waals surface area (Å²) in [4.78, 5) is 2.74. The second-order valence-corrected chi connectivity index (χ2v) is 5.73. The van der Waals surface area contributed by atoms with Gasteiger partial charge in [-0.1, -0.05) is 50.6 Å². The largest absolute Gasteiger partial charge is 0.314 e. The first kappa shape index (κ1) is 14.5. The summed E-state index contributed by atoms with van der Waals surface area (Å²) in [7, 11) is 0. The SMILES string of the molecule is CCCC(CC)(Cc1ccccc1)N1CCNCC1. The molecule has 1 aliphatic heterocycles. The van der Waals surface area contributed by atoms with Gasteiger partial charge < -0.3 is 5.32 Å². The van der Waals surface area contributed by atoms with E-state index in [-0.39, 0.29) is 0 Å². The van der Waals surface area contributed by atoms with Crippen molar-refractivity contribution in [3.8, 4) is 0 Å². The Balaban J connectivity index is 2.17. The molecule has 1 aromatic rings. The predicted molar refractivity (Wildman–Crippen MR) is 82.5 cm³/mol. The molecule has 0 amide bonds. The lowest BCUT2D eigenvalue weighted by Crippen LogP contribution is -2.57. The summed E-state index contributed by atoms with van der Waals surface area (Å²) in [6.45, 7) is 9.35. The third kappa shape index (κ3) is 3.58. The third-order valence-electron chi connectivity index (χ3n) is 4.54. The highest BCUT2D eigenvalue weighted by Crippen LogP contribution is 2.30. The summed E-state index contributed by atoms with van der Waals surface area (Å²) in [6, 6.07) is 11.0. The van der Waals surface area contributed by atoms with E-state index < -0.39 is 0 Å². The number of piperazine rings is 1. The van der Waals surface area contributed by atoms with Crippen LogP contribution in [-0.2, 0) is 6.42 Å². The molecule has 106 valence electrons. The van der Waals surface area contributed by atoms with Gasteiger partial charge >= 0.3 is 0 Å². The summed E-state index contributed by atoms with van der Waals surface area (Å²) in [5, 5.41) is 3.48. The smallest absolute Gasteiger partial charge is 0.0248 e. The molecule has 1 heterocycles. The van der Waals surface area contributed by atoms with E-state index in [1.807, 2.05) is 0 Å². The Labute approximate surface area is 118 Å². The number of rotatable bonds is 6. The van der Waals surface area contributed by atoms with Crippen molar-refractivity contribution in [3.63, 3.8) is 0 Å². The molecule has 1 fully saturated rings. The molecule has 2 heteroatoms. The van der Waals surface area contributed by atoms with E-state index in [2.05, 4.69) is 54.4 Å². The van der Waals surface area contributed by atoms with Crippen LogP contribution < -0.4 is 5.32 Å². The van der Waals surface area contributed by atoms with Crippen LogP contribution in [0.4, 0.5) is 0 Å². The molecular weight excluding hydrogens is 232 g/mol. The average molecular weight is 260 g/mol. The zero-order valence-corrected chi connectivity index (χ0v) is 12.5. The van der Waals surface area contributed by atoms with Gasteiger partial charge in [-0.05, 0) is 24.8 Å². The van der Waals surface area contributed by atoms with Crippen molar-refractivity contribution in [1.82, 2.24) is 10.2 Å². The quantitative estimate of drug-likeness (QED) is 0.845. The Morgan fingerprint density at radius 1 is 1.11 bits per heavy atom. The molecule has 0 aliphatic carbocycles. The number of benzene rings is 1. The zero-order valence-electron chi connectivity index (χ0n) is 12.5. The van der Waals surface area contributed by atoms with Crippen LogP contribution in [0.3, 0.4) is 0 Å². The fraction of sp³-hybridized carbons (Fsp3) is 0.647. The normalized spacial score (nSPS) is 20.1. The highest BCUT2D eigenvalue weighted by molar-refractivity contribution is 5.18. The molecule has 0 saturated carbocycles. The summed E-state index contributed by atoms with van der Waals surface area (Å²) >= 11 is 0. The van der Waals surface area contributed by atoms with E-state index in [1.165, 1.54) is 44.3 Å². The van der Waals surface area contributed by atoms with Gasteiger partial charge in [0.25, 0.3) is 0 Å². The van der Waals surface area contributed by atoms with Gasteiger partial charge in [-0.25, -0.2) is 0 Å². The maximum absolute atomic E-state index is 3.48. The van der Waals surface area contributed by atoms with Gasteiger partial charge in [-0.2, -0.15) is 0 Å². The minimum atomic E-state index is 0.359. The van der Waals surface area contributed by atoms with Gasteiger partial charge in [0, 0.05) is 31.7 Å². The molecule has 1 aromatic carbocycles. The Morgan fingerprint density at radius 2 is 1.79 bits per heavy atom. The van der Waals surface area contributed by atoms with Crippen LogP contribution in [0.1, 0.15) is 38.7 Å². The first-order valence-corrected chi connectivity index (χ1v) is 7.80. The van der Waals surface area contributed by atoms with Crippen LogP contribution in [0.5, 0.6) is 0 Å². The Bertz CT molecular complexity index is 357. The van der Waals surface area contributed by atoms with Crippen molar-refractivity contribution in [3.05, 3.63) is 35.9 Å². The van der Waals surface area contributed by atoms with Crippen LogP contribution in [0.25, 0.3) is 0 Å². The Morgan fingerprint density at radius 3 is 2.37 bits per heavy atom. The molecule has 1 atom stereocenters. The lowest BCUT2D eigenvalue weighted by molar-refractivity contribution is 0.0598. The average Bonchev–Trinajstić information content (AvgIpc) is 2.49. The summed E-state index contributed by atoms with van der Waals surface area (Å²) < 4.78 is 0. The van der Waals surface area contributed by atoms with Crippen LogP contribution in [0, 0.1) is 0 Å². The topological polar surface area (TPSA) is 15.3 Å². The number of hydrogen-bond acceptors (Lipinski definition) is 2. The third-order valence-corrected chi connectivity index (χ3v) is 4.54. The summed E-state index contributed by atoms with van der Waals surface area (Å²) in [5.41, 5.74) is 1.84. The number of nitrogens with one attached hydrogen (secondary N) is 1. The van der Waals surface area contributed by atoms with E-state index in [0.29, 0.717) is 5.54 Å². The first-order chi connectivity index (χ1) is 9.30. The molecule has 0 aromatic heterocycles. The molecule has 0 radical (unpaired) electrons. The minimum absolute atomic E-state index is 0.359. The molecular formula is C17H28N2. The summed E-state index contributed by atoms with van der Waals surface area (Å²) in [5.74, 6) is 0. The molecule has 0 bridgehead atoms. The zero-order chi connectivity index (χ0) is 13.6. The van der Waals surface area contributed by atoms with E-state index in [0.717, 1.165) is 13.1 Å². The maximum Gasteiger partial charge on any atom is 0.0248 e. The van der Waals surface area contributed by atoms with Gasteiger partial charge in [-0.3, -0.25) is 4.90 Å². The van der Waals surface area contributed by atoms with Crippen LogP contribution in [-0.4, -0.2) is 36.6 Å².